The van der Waals surface area contributed by atoms with Crippen molar-refractivity contribution in [3.05, 3.63) is 86.9 Å². The molecule has 3 rings (SSSR count). The van der Waals surface area contributed by atoms with Crippen LogP contribution in [0, 0.1) is 0 Å². The molecule has 37 heavy (non-hydrogen) atoms. The molecule has 0 bridgehead atoms. The van der Waals surface area contributed by atoms with Crippen LogP contribution in [0.3, 0.4) is 0 Å². The fraction of sp³-hybridized carbons (Fsp3) is 0.200. The van der Waals surface area contributed by atoms with E-state index < -0.39 is 22.5 Å². The highest BCUT2D eigenvalue weighted by atomic mass is 35.5. The summed E-state index contributed by atoms with van der Waals surface area (Å²) in [5.74, 6) is 0.447. The molecule has 1 N–H and O–H groups in total. The van der Waals surface area contributed by atoms with Crippen LogP contribution in [0.15, 0.2) is 70.7 Å². The number of amides is 1. The van der Waals surface area contributed by atoms with E-state index in [0.29, 0.717) is 39.3 Å². The molecule has 0 heterocycles. The molecule has 196 valence electrons. The average molecular weight is 585 g/mol. The predicted molar refractivity (Wildman–Crippen MR) is 145 cm³/mol. The zero-order chi connectivity index (χ0) is 27.0. The number of nitrogens with zero attached hydrogens (tertiary/aromatic N) is 2. The first kappa shape index (κ1) is 28.7. The Bertz CT molecular complexity index is 1380. The monoisotopic (exact) mass is 583 g/mol. The molecule has 0 spiro atoms. The summed E-state index contributed by atoms with van der Waals surface area (Å²) in [6, 6.07) is 15.6. The quantitative estimate of drug-likeness (QED) is 0.241. The number of halogens is 3. The minimum Gasteiger partial charge on any atom is -0.493 e. The van der Waals surface area contributed by atoms with Crippen molar-refractivity contribution in [2.24, 2.45) is 5.10 Å². The van der Waals surface area contributed by atoms with Crippen LogP contribution >= 0.6 is 34.8 Å². The van der Waals surface area contributed by atoms with Gasteiger partial charge >= 0.3 is 0 Å². The van der Waals surface area contributed by atoms with Gasteiger partial charge in [0.2, 0.25) is 10.0 Å². The molecular formula is C25H24Cl3N3O5S. The number of hydrogen-bond acceptors (Lipinski definition) is 6. The summed E-state index contributed by atoms with van der Waals surface area (Å²) in [5, 5.41) is 4.92. The molecule has 0 radical (unpaired) electrons. The van der Waals surface area contributed by atoms with Crippen molar-refractivity contribution in [2.75, 3.05) is 20.3 Å². The van der Waals surface area contributed by atoms with E-state index in [1.807, 2.05) is 6.92 Å². The van der Waals surface area contributed by atoms with E-state index in [2.05, 4.69) is 10.5 Å². The third-order valence-electron chi connectivity index (χ3n) is 5.00. The van der Waals surface area contributed by atoms with Crippen LogP contribution in [0.2, 0.25) is 15.1 Å². The van der Waals surface area contributed by atoms with Gasteiger partial charge in [-0.05, 0) is 72.6 Å². The van der Waals surface area contributed by atoms with Crippen LogP contribution in [-0.4, -0.2) is 45.1 Å². The normalized spacial score (nSPS) is 11.6. The molecule has 3 aromatic rings. The molecule has 0 saturated carbocycles. The lowest BCUT2D eigenvalue weighted by Gasteiger charge is -2.22. The van der Waals surface area contributed by atoms with Gasteiger partial charge in [-0.3, -0.25) is 4.79 Å². The second-order valence-electron chi connectivity index (χ2n) is 7.61. The second kappa shape index (κ2) is 13.1. The Morgan fingerprint density at radius 3 is 2.38 bits per heavy atom. The van der Waals surface area contributed by atoms with Crippen LogP contribution in [0.5, 0.6) is 11.5 Å². The van der Waals surface area contributed by atoms with Crippen molar-refractivity contribution in [3.63, 3.8) is 0 Å². The first-order valence-corrected chi connectivity index (χ1v) is 13.5. The Labute approximate surface area is 230 Å². The van der Waals surface area contributed by atoms with Crippen molar-refractivity contribution >= 4 is 56.9 Å². The van der Waals surface area contributed by atoms with Gasteiger partial charge in [0.05, 0.1) is 41.4 Å². The summed E-state index contributed by atoms with van der Waals surface area (Å²) in [6.07, 6.45) is 1.41. The number of ether oxygens (including phenoxy) is 2. The fourth-order valence-corrected chi connectivity index (χ4v) is 5.07. The maximum absolute atomic E-state index is 13.4. The molecule has 0 aliphatic carbocycles. The van der Waals surface area contributed by atoms with Gasteiger partial charge in [-0.1, -0.05) is 40.9 Å². The van der Waals surface area contributed by atoms with E-state index in [1.165, 1.54) is 37.6 Å². The fourth-order valence-electron chi connectivity index (χ4n) is 3.24. The standard InChI is InChI=1S/C25H24Cl3N3O5S/c1-3-36-23-11-5-17(13-24(23)35-2)14-29-30-25(32)16-31(15-18-4-10-21(27)22(28)12-18)37(33,34)20-8-6-19(26)7-9-20/h4-14H,3,15-16H2,1-2H3,(H,30,32)/b29-14-. The van der Waals surface area contributed by atoms with Gasteiger partial charge < -0.3 is 9.47 Å². The van der Waals surface area contributed by atoms with Gasteiger partial charge in [0, 0.05) is 11.6 Å². The van der Waals surface area contributed by atoms with E-state index in [0.717, 1.165) is 4.31 Å². The molecule has 1 amide bonds. The third-order valence-corrected chi connectivity index (χ3v) is 7.80. The van der Waals surface area contributed by atoms with E-state index in [9.17, 15) is 13.2 Å². The molecular weight excluding hydrogens is 561 g/mol. The third kappa shape index (κ3) is 7.83. The molecule has 0 aromatic heterocycles. The molecule has 0 unspecified atom stereocenters. The molecule has 8 nitrogen and oxygen atoms in total. The Kier molecular flexibility index (Phi) is 10.2. The Balaban J connectivity index is 1.79. The number of hydrogen-bond donors (Lipinski definition) is 1. The van der Waals surface area contributed by atoms with Crippen molar-refractivity contribution in [1.82, 2.24) is 9.73 Å². The predicted octanol–water partition coefficient (Wildman–Crippen LogP) is 5.40. The Morgan fingerprint density at radius 2 is 1.73 bits per heavy atom. The van der Waals surface area contributed by atoms with Crippen molar-refractivity contribution in [3.8, 4) is 11.5 Å². The highest BCUT2D eigenvalue weighted by molar-refractivity contribution is 7.89. The van der Waals surface area contributed by atoms with E-state index in [-0.39, 0.29) is 16.5 Å². The maximum Gasteiger partial charge on any atom is 0.255 e. The number of methoxy groups -OCH3 is 1. The summed E-state index contributed by atoms with van der Waals surface area (Å²) < 4.78 is 38.5. The van der Waals surface area contributed by atoms with Crippen LogP contribution < -0.4 is 14.9 Å². The van der Waals surface area contributed by atoms with Gasteiger partial charge in [-0.2, -0.15) is 9.41 Å². The SMILES string of the molecule is CCOc1ccc(/C=N\NC(=O)CN(Cc2ccc(Cl)c(Cl)c2)S(=O)(=O)c2ccc(Cl)cc2)cc1OC. The lowest BCUT2D eigenvalue weighted by atomic mass is 10.2. The number of carbonyl (C=O) groups excluding carboxylic acids is 1. The van der Waals surface area contributed by atoms with Gasteiger partial charge in [0.25, 0.3) is 5.91 Å². The van der Waals surface area contributed by atoms with E-state index >= 15 is 0 Å². The zero-order valence-electron chi connectivity index (χ0n) is 19.9. The van der Waals surface area contributed by atoms with Crippen LogP contribution in [0.1, 0.15) is 18.1 Å². The first-order valence-electron chi connectivity index (χ1n) is 11.0. The maximum atomic E-state index is 13.4. The number of hydrazone groups is 1. The van der Waals surface area contributed by atoms with Crippen molar-refractivity contribution in [1.29, 1.82) is 0 Å². The largest absolute Gasteiger partial charge is 0.493 e. The number of sulfonamides is 1. The van der Waals surface area contributed by atoms with Gasteiger partial charge in [-0.15, -0.1) is 0 Å². The minimum atomic E-state index is -4.08. The molecule has 12 heteroatoms. The summed E-state index contributed by atoms with van der Waals surface area (Å²) in [5.41, 5.74) is 3.55. The molecule has 0 saturated heterocycles. The van der Waals surface area contributed by atoms with Gasteiger partial charge in [0.15, 0.2) is 11.5 Å². The van der Waals surface area contributed by atoms with Gasteiger partial charge in [-0.25, -0.2) is 13.8 Å². The van der Waals surface area contributed by atoms with Crippen LogP contribution in [0.4, 0.5) is 0 Å². The van der Waals surface area contributed by atoms with Crippen molar-refractivity contribution in [2.45, 2.75) is 18.4 Å². The molecule has 0 fully saturated rings. The van der Waals surface area contributed by atoms with Gasteiger partial charge in [0.1, 0.15) is 0 Å². The highest BCUT2D eigenvalue weighted by Gasteiger charge is 2.27. The highest BCUT2D eigenvalue weighted by Crippen LogP contribution is 2.28. The number of carbonyl (C=O) groups is 1. The first-order chi connectivity index (χ1) is 17.6. The van der Waals surface area contributed by atoms with Crippen molar-refractivity contribution < 1.29 is 22.7 Å². The lowest BCUT2D eigenvalue weighted by Crippen LogP contribution is -2.39. The number of nitrogens with one attached hydrogen (secondary N) is 1. The number of rotatable bonds is 11. The average Bonchev–Trinajstić information content (AvgIpc) is 2.87. The van der Waals surface area contributed by atoms with Crippen LogP contribution in [-0.2, 0) is 21.4 Å². The summed E-state index contributed by atoms with van der Waals surface area (Å²) in [7, 11) is -2.56. The topological polar surface area (TPSA) is 97.3 Å². The zero-order valence-corrected chi connectivity index (χ0v) is 23.0. The lowest BCUT2D eigenvalue weighted by molar-refractivity contribution is -0.121. The number of benzene rings is 3. The smallest absolute Gasteiger partial charge is 0.255 e. The molecule has 3 aromatic carbocycles. The van der Waals surface area contributed by atoms with E-state index in [1.54, 1.807) is 36.4 Å². The van der Waals surface area contributed by atoms with E-state index in [4.69, 9.17) is 44.3 Å². The minimum absolute atomic E-state index is 0.0188. The second-order valence-corrected chi connectivity index (χ2v) is 10.8. The van der Waals surface area contributed by atoms with Crippen LogP contribution in [0.25, 0.3) is 0 Å². The molecule has 0 aliphatic heterocycles. The Hall–Kier alpha value is -2.82. The molecule has 0 atom stereocenters. The Morgan fingerprint density at radius 1 is 1.00 bits per heavy atom. The molecule has 0 aliphatic rings. The summed E-state index contributed by atoms with van der Waals surface area (Å²) in [4.78, 5) is 12.7. The summed E-state index contributed by atoms with van der Waals surface area (Å²) >= 11 is 18.0. The summed E-state index contributed by atoms with van der Waals surface area (Å²) in [6.45, 7) is 1.71.